The first-order chi connectivity index (χ1) is 11.0. The van der Waals surface area contributed by atoms with Gasteiger partial charge < -0.3 is 9.32 Å². The molecule has 0 saturated heterocycles. The first-order valence-electron chi connectivity index (χ1n) is 8.04. The van der Waals surface area contributed by atoms with Crippen LogP contribution in [0.2, 0.25) is 0 Å². The minimum Gasteiger partial charge on any atom is -0.465 e. The topological polar surface area (TPSA) is 37.4 Å². The molecule has 0 aliphatic carbocycles. The van der Waals surface area contributed by atoms with Gasteiger partial charge in [-0.1, -0.05) is 6.08 Å². The van der Waals surface area contributed by atoms with Gasteiger partial charge in [-0.15, -0.1) is 6.58 Å². The Labute approximate surface area is 139 Å². The minimum absolute atomic E-state index is 0.751. The van der Waals surface area contributed by atoms with E-state index in [4.69, 9.17) is 4.42 Å². The standard InChI is InChI=1S/C18H28N4O/c1-6-9-22-16(3)17(12-19-22)13-21(11-10-20(4)5)14-18-8-7-15(2)23-18/h6-8,12H,1,9-11,13-14H2,2-5H3. The number of furan rings is 1. The summed E-state index contributed by atoms with van der Waals surface area (Å²) in [6, 6.07) is 4.08. The zero-order valence-corrected chi connectivity index (χ0v) is 14.7. The molecule has 0 aliphatic rings. The van der Waals surface area contributed by atoms with Crippen molar-refractivity contribution in [1.82, 2.24) is 19.6 Å². The number of allylic oxidation sites excluding steroid dienone is 1. The van der Waals surface area contributed by atoms with E-state index in [1.54, 1.807) is 0 Å². The quantitative estimate of drug-likeness (QED) is 0.667. The largest absolute Gasteiger partial charge is 0.465 e. The van der Waals surface area contributed by atoms with Gasteiger partial charge in [0.25, 0.3) is 0 Å². The summed E-state index contributed by atoms with van der Waals surface area (Å²) in [5.41, 5.74) is 2.46. The molecule has 0 saturated carbocycles. The van der Waals surface area contributed by atoms with Crippen molar-refractivity contribution in [1.29, 1.82) is 0 Å². The highest BCUT2D eigenvalue weighted by Gasteiger charge is 2.13. The molecule has 2 heterocycles. The van der Waals surface area contributed by atoms with E-state index < -0.39 is 0 Å². The first kappa shape index (κ1) is 17.5. The summed E-state index contributed by atoms with van der Waals surface area (Å²) >= 11 is 0. The molecule has 2 aromatic heterocycles. The Hall–Kier alpha value is -1.85. The van der Waals surface area contributed by atoms with E-state index >= 15 is 0 Å². The number of nitrogens with zero attached hydrogens (tertiary/aromatic N) is 4. The van der Waals surface area contributed by atoms with Gasteiger partial charge in [0.05, 0.1) is 19.3 Å². The summed E-state index contributed by atoms with van der Waals surface area (Å²) in [6.07, 6.45) is 3.84. The first-order valence-corrected chi connectivity index (χ1v) is 8.04. The molecule has 5 nitrogen and oxygen atoms in total. The molecular formula is C18H28N4O. The highest BCUT2D eigenvalue weighted by Crippen LogP contribution is 2.15. The molecule has 5 heteroatoms. The normalized spacial score (nSPS) is 11.6. The van der Waals surface area contributed by atoms with E-state index in [0.717, 1.165) is 44.2 Å². The van der Waals surface area contributed by atoms with Crippen LogP contribution in [0.4, 0.5) is 0 Å². The van der Waals surface area contributed by atoms with Gasteiger partial charge in [-0.3, -0.25) is 9.58 Å². The Morgan fingerprint density at radius 3 is 2.61 bits per heavy atom. The number of aryl methyl sites for hydroxylation is 1. The Balaban J connectivity index is 2.08. The van der Waals surface area contributed by atoms with Gasteiger partial charge in [-0.25, -0.2) is 0 Å². The third kappa shape index (κ3) is 5.08. The van der Waals surface area contributed by atoms with Crippen LogP contribution in [-0.4, -0.2) is 46.8 Å². The van der Waals surface area contributed by atoms with Crippen LogP contribution < -0.4 is 0 Å². The molecule has 0 N–H and O–H groups in total. The number of hydrogen-bond donors (Lipinski definition) is 0. The lowest BCUT2D eigenvalue weighted by Gasteiger charge is -2.23. The van der Waals surface area contributed by atoms with Crippen molar-refractivity contribution in [3.05, 3.63) is 53.8 Å². The molecule has 2 aromatic rings. The molecule has 2 rings (SSSR count). The van der Waals surface area contributed by atoms with Gasteiger partial charge in [0.1, 0.15) is 11.5 Å². The summed E-state index contributed by atoms with van der Waals surface area (Å²) in [5, 5.41) is 4.45. The molecule has 0 spiro atoms. The van der Waals surface area contributed by atoms with Gasteiger partial charge in [0.2, 0.25) is 0 Å². The van der Waals surface area contributed by atoms with Gasteiger partial charge in [0.15, 0.2) is 0 Å². The van der Waals surface area contributed by atoms with Crippen molar-refractivity contribution in [2.45, 2.75) is 33.5 Å². The van der Waals surface area contributed by atoms with Gasteiger partial charge in [0, 0.05) is 30.9 Å². The maximum atomic E-state index is 5.74. The maximum Gasteiger partial charge on any atom is 0.118 e. The average Bonchev–Trinajstić information content (AvgIpc) is 3.05. The molecule has 0 radical (unpaired) electrons. The third-order valence-corrected chi connectivity index (χ3v) is 3.94. The second-order valence-electron chi connectivity index (χ2n) is 6.25. The van der Waals surface area contributed by atoms with Crippen LogP contribution in [0.15, 0.2) is 35.4 Å². The lowest BCUT2D eigenvalue weighted by atomic mass is 10.2. The van der Waals surface area contributed by atoms with Gasteiger partial charge in [-0.2, -0.15) is 5.10 Å². The zero-order chi connectivity index (χ0) is 16.8. The number of rotatable bonds is 9. The van der Waals surface area contributed by atoms with Gasteiger partial charge in [-0.05, 0) is 40.1 Å². The smallest absolute Gasteiger partial charge is 0.118 e. The highest BCUT2D eigenvalue weighted by molar-refractivity contribution is 5.16. The fourth-order valence-corrected chi connectivity index (χ4v) is 2.53. The van der Waals surface area contributed by atoms with Crippen LogP contribution >= 0.6 is 0 Å². The number of aromatic nitrogens is 2. The maximum absolute atomic E-state index is 5.74. The van der Waals surface area contributed by atoms with E-state index in [2.05, 4.69) is 48.6 Å². The summed E-state index contributed by atoms with van der Waals surface area (Å²) in [6.45, 7) is 12.3. The zero-order valence-electron chi connectivity index (χ0n) is 14.7. The Morgan fingerprint density at radius 2 is 2.00 bits per heavy atom. The highest BCUT2D eigenvalue weighted by atomic mass is 16.3. The molecule has 0 unspecified atom stereocenters. The third-order valence-electron chi connectivity index (χ3n) is 3.94. The lowest BCUT2D eigenvalue weighted by molar-refractivity contribution is 0.209. The summed E-state index contributed by atoms with van der Waals surface area (Å²) in [5.74, 6) is 1.97. The van der Waals surface area contributed by atoms with Crippen LogP contribution in [0.3, 0.4) is 0 Å². The van der Waals surface area contributed by atoms with Crippen LogP contribution in [0.1, 0.15) is 22.8 Å². The predicted octanol–water partition coefficient (Wildman–Crippen LogP) is 2.84. The fraction of sp³-hybridized carbons (Fsp3) is 0.500. The molecule has 0 atom stereocenters. The molecular weight excluding hydrogens is 288 g/mol. The molecule has 0 aliphatic heterocycles. The second-order valence-corrected chi connectivity index (χ2v) is 6.25. The summed E-state index contributed by atoms with van der Waals surface area (Å²) < 4.78 is 7.73. The Kier molecular flexibility index (Phi) is 6.19. The van der Waals surface area contributed by atoms with Crippen molar-refractivity contribution in [3.63, 3.8) is 0 Å². The van der Waals surface area contributed by atoms with E-state index in [1.807, 2.05) is 29.9 Å². The molecule has 23 heavy (non-hydrogen) atoms. The van der Waals surface area contributed by atoms with Crippen LogP contribution in [-0.2, 0) is 19.6 Å². The van der Waals surface area contributed by atoms with Crippen molar-refractivity contribution >= 4 is 0 Å². The lowest BCUT2D eigenvalue weighted by Crippen LogP contribution is -2.31. The van der Waals surface area contributed by atoms with Crippen LogP contribution in [0.5, 0.6) is 0 Å². The molecule has 0 fully saturated rings. The van der Waals surface area contributed by atoms with E-state index in [1.165, 1.54) is 11.3 Å². The summed E-state index contributed by atoms with van der Waals surface area (Å²) in [4.78, 5) is 4.61. The van der Waals surface area contributed by atoms with E-state index in [-0.39, 0.29) is 0 Å². The van der Waals surface area contributed by atoms with E-state index in [0.29, 0.717) is 0 Å². The van der Waals surface area contributed by atoms with E-state index in [9.17, 15) is 0 Å². The van der Waals surface area contributed by atoms with Crippen molar-refractivity contribution < 1.29 is 4.42 Å². The molecule has 0 bridgehead atoms. The van der Waals surface area contributed by atoms with Crippen LogP contribution in [0.25, 0.3) is 0 Å². The van der Waals surface area contributed by atoms with Crippen molar-refractivity contribution in [2.24, 2.45) is 0 Å². The molecule has 126 valence electrons. The Bertz CT molecular complexity index is 627. The average molecular weight is 316 g/mol. The fourth-order valence-electron chi connectivity index (χ4n) is 2.53. The second kappa shape index (κ2) is 8.13. The SMILES string of the molecule is C=CCn1ncc(CN(CCN(C)C)Cc2ccc(C)o2)c1C. The van der Waals surface area contributed by atoms with Crippen molar-refractivity contribution in [2.75, 3.05) is 27.2 Å². The Morgan fingerprint density at radius 1 is 1.22 bits per heavy atom. The van der Waals surface area contributed by atoms with Crippen LogP contribution in [0, 0.1) is 13.8 Å². The molecule has 0 aromatic carbocycles. The minimum atomic E-state index is 0.751. The molecule has 0 amide bonds. The predicted molar refractivity (Wildman–Crippen MR) is 93.3 cm³/mol. The number of likely N-dealkylation sites (N-methyl/N-ethyl adjacent to an activating group) is 1. The monoisotopic (exact) mass is 316 g/mol. The summed E-state index contributed by atoms with van der Waals surface area (Å²) in [7, 11) is 4.20. The number of hydrogen-bond acceptors (Lipinski definition) is 4. The van der Waals surface area contributed by atoms with Gasteiger partial charge >= 0.3 is 0 Å². The van der Waals surface area contributed by atoms with Crippen molar-refractivity contribution in [3.8, 4) is 0 Å².